The molecular weight excluding hydrogens is 356 g/mol. The smallest absolute Gasteiger partial charge is 0.0447 e. The monoisotopic (exact) mass is 388 g/mol. The predicted octanol–water partition coefficient (Wildman–Crippen LogP) is 5.98. The summed E-state index contributed by atoms with van der Waals surface area (Å²) in [6.45, 7) is 13.5. The van der Waals surface area contributed by atoms with Gasteiger partial charge in [0.25, 0.3) is 0 Å². The van der Waals surface area contributed by atoms with Crippen molar-refractivity contribution in [2.75, 3.05) is 0 Å². The molecule has 0 aliphatic heterocycles. The Morgan fingerprint density at radius 2 is 0.759 bits per heavy atom. The molecule has 0 bridgehead atoms. The third kappa shape index (κ3) is 3.17. The van der Waals surface area contributed by atoms with E-state index in [9.17, 15) is 0 Å². The van der Waals surface area contributed by atoms with Gasteiger partial charge in [0.1, 0.15) is 0 Å². The summed E-state index contributed by atoms with van der Waals surface area (Å²) in [6, 6.07) is 17.3. The van der Waals surface area contributed by atoms with E-state index in [2.05, 4.69) is 110 Å². The van der Waals surface area contributed by atoms with Crippen LogP contribution in [0.3, 0.4) is 0 Å². The van der Waals surface area contributed by atoms with Crippen molar-refractivity contribution >= 4 is 0 Å². The van der Waals surface area contributed by atoms with Crippen molar-refractivity contribution in [2.45, 2.75) is 57.8 Å². The molecule has 0 saturated carbocycles. The zero-order valence-corrected chi connectivity index (χ0v) is 18.3. The molecule has 152 valence electrons. The standard InChI is InChI=1S/C25H32N4/c1-23(2,17-9-7-15-26-17)19-11-13-21(28-19)25(5,6)22-14-12-20(29-22)24(3,4)18-10-8-16-27-18/h7-16,26-29H,1-6H3. The van der Waals surface area contributed by atoms with E-state index in [1.165, 1.54) is 34.2 Å². The summed E-state index contributed by atoms with van der Waals surface area (Å²) in [4.78, 5) is 14.1. The van der Waals surface area contributed by atoms with E-state index in [1.807, 2.05) is 12.4 Å². The Labute approximate surface area is 173 Å². The van der Waals surface area contributed by atoms with Gasteiger partial charge in [0.05, 0.1) is 0 Å². The van der Waals surface area contributed by atoms with Crippen molar-refractivity contribution in [1.82, 2.24) is 19.9 Å². The van der Waals surface area contributed by atoms with E-state index in [4.69, 9.17) is 0 Å². The molecule has 0 fully saturated rings. The molecule has 4 N–H and O–H groups in total. The van der Waals surface area contributed by atoms with Crippen molar-refractivity contribution in [3.05, 3.63) is 95.1 Å². The Morgan fingerprint density at radius 1 is 0.448 bits per heavy atom. The molecule has 4 nitrogen and oxygen atoms in total. The molecule has 0 atom stereocenters. The van der Waals surface area contributed by atoms with Gasteiger partial charge in [-0.25, -0.2) is 0 Å². The minimum absolute atomic E-state index is 0.103. The van der Waals surface area contributed by atoms with Crippen LogP contribution in [0, 0.1) is 0 Å². The normalized spacial score (nSPS) is 13.2. The molecule has 4 aromatic heterocycles. The van der Waals surface area contributed by atoms with Crippen LogP contribution in [0.15, 0.2) is 60.9 Å². The minimum atomic E-state index is -0.159. The summed E-state index contributed by atoms with van der Waals surface area (Å²) in [5, 5.41) is 0. The van der Waals surface area contributed by atoms with Crippen LogP contribution >= 0.6 is 0 Å². The number of nitrogens with one attached hydrogen (secondary N) is 4. The van der Waals surface area contributed by atoms with Crippen molar-refractivity contribution in [1.29, 1.82) is 0 Å². The molecule has 4 heteroatoms. The van der Waals surface area contributed by atoms with Crippen LogP contribution in [0.4, 0.5) is 0 Å². The second-order valence-corrected chi connectivity index (χ2v) is 9.61. The molecule has 0 aliphatic rings. The first kappa shape index (κ1) is 19.4. The average Bonchev–Trinajstić information content (AvgIpc) is 3.50. The molecule has 0 aliphatic carbocycles. The van der Waals surface area contributed by atoms with Crippen LogP contribution in [0.1, 0.15) is 75.7 Å². The molecule has 0 unspecified atom stereocenters. The lowest BCUT2D eigenvalue weighted by Gasteiger charge is -2.26. The van der Waals surface area contributed by atoms with E-state index >= 15 is 0 Å². The molecule has 0 radical (unpaired) electrons. The zero-order chi connectivity index (χ0) is 20.9. The maximum absolute atomic E-state index is 3.71. The van der Waals surface area contributed by atoms with Crippen molar-refractivity contribution < 1.29 is 0 Å². The van der Waals surface area contributed by atoms with E-state index in [0.29, 0.717) is 0 Å². The van der Waals surface area contributed by atoms with Gasteiger partial charge in [0.15, 0.2) is 0 Å². The maximum Gasteiger partial charge on any atom is 0.0447 e. The first-order chi connectivity index (χ1) is 13.6. The number of aromatic nitrogens is 4. The lowest BCUT2D eigenvalue weighted by molar-refractivity contribution is 0.561. The summed E-state index contributed by atoms with van der Waals surface area (Å²) >= 11 is 0. The van der Waals surface area contributed by atoms with Gasteiger partial charge in [-0.05, 0) is 90.1 Å². The first-order valence-corrected chi connectivity index (χ1v) is 10.3. The topological polar surface area (TPSA) is 63.2 Å². The van der Waals surface area contributed by atoms with E-state index in [1.54, 1.807) is 0 Å². The summed E-state index contributed by atoms with van der Waals surface area (Å²) in [5.41, 5.74) is 6.88. The van der Waals surface area contributed by atoms with Gasteiger partial charge < -0.3 is 19.9 Å². The SMILES string of the molecule is CC(C)(c1ccc[nH]1)c1ccc(C(C)(C)c2ccc(C(C)(C)c3ccc[nH]3)[nH]2)[nH]1. The van der Waals surface area contributed by atoms with Gasteiger partial charge in [-0.15, -0.1) is 0 Å². The number of aromatic amines is 4. The van der Waals surface area contributed by atoms with Gasteiger partial charge >= 0.3 is 0 Å². The Morgan fingerprint density at radius 3 is 1.03 bits per heavy atom. The number of hydrogen-bond acceptors (Lipinski definition) is 0. The predicted molar refractivity (Wildman–Crippen MR) is 120 cm³/mol. The van der Waals surface area contributed by atoms with E-state index in [0.717, 1.165) is 0 Å². The molecule has 0 amide bonds. The fourth-order valence-electron chi connectivity index (χ4n) is 4.12. The second-order valence-electron chi connectivity index (χ2n) is 9.61. The van der Waals surface area contributed by atoms with Gasteiger partial charge in [-0.3, -0.25) is 0 Å². The number of hydrogen-bond donors (Lipinski definition) is 4. The van der Waals surface area contributed by atoms with Crippen molar-refractivity contribution in [2.24, 2.45) is 0 Å². The van der Waals surface area contributed by atoms with Gasteiger partial charge in [-0.1, -0.05) is 0 Å². The molecule has 0 saturated heterocycles. The summed E-state index contributed by atoms with van der Waals surface area (Å²) in [7, 11) is 0. The summed E-state index contributed by atoms with van der Waals surface area (Å²) in [6.07, 6.45) is 3.97. The lowest BCUT2D eigenvalue weighted by atomic mass is 9.85. The van der Waals surface area contributed by atoms with Crippen molar-refractivity contribution in [3.8, 4) is 0 Å². The van der Waals surface area contributed by atoms with Crippen LogP contribution < -0.4 is 0 Å². The average molecular weight is 389 g/mol. The van der Waals surface area contributed by atoms with Gasteiger partial charge in [0, 0.05) is 62.8 Å². The van der Waals surface area contributed by atoms with E-state index < -0.39 is 0 Å². The maximum atomic E-state index is 3.71. The van der Waals surface area contributed by atoms with Crippen LogP contribution in [0.2, 0.25) is 0 Å². The fraction of sp³-hybridized carbons (Fsp3) is 0.360. The molecule has 4 rings (SSSR count). The highest BCUT2D eigenvalue weighted by Gasteiger charge is 2.32. The minimum Gasteiger partial charge on any atom is -0.364 e. The first-order valence-electron chi connectivity index (χ1n) is 10.3. The fourth-order valence-corrected chi connectivity index (χ4v) is 4.12. The lowest BCUT2D eigenvalue weighted by Crippen LogP contribution is -2.24. The largest absolute Gasteiger partial charge is 0.364 e. The Hall–Kier alpha value is -2.88. The van der Waals surface area contributed by atoms with Crippen LogP contribution in [-0.2, 0) is 16.2 Å². The van der Waals surface area contributed by atoms with E-state index in [-0.39, 0.29) is 16.2 Å². The van der Waals surface area contributed by atoms with Crippen LogP contribution in [-0.4, -0.2) is 19.9 Å². The third-order valence-corrected chi connectivity index (χ3v) is 6.61. The molecule has 0 spiro atoms. The third-order valence-electron chi connectivity index (χ3n) is 6.61. The summed E-state index contributed by atoms with van der Waals surface area (Å²) in [5.74, 6) is 0. The van der Waals surface area contributed by atoms with Gasteiger partial charge in [0.2, 0.25) is 0 Å². The molecular formula is C25H32N4. The van der Waals surface area contributed by atoms with Crippen molar-refractivity contribution in [3.63, 3.8) is 0 Å². The zero-order valence-electron chi connectivity index (χ0n) is 18.3. The quantitative estimate of drug-likeness (QED) is 0.314. The molecule has 0 aromatic carbocycles. The molecule has 4 aromatic rings. The van der Waals surface area contributed by atoms with Crippen LogP contribution in [0.25, 0.3) is 0 Å². The van der Waals surface area contributed by atoms with Gasteiger partial charge in [-0.2, -0.15) is 0 Å². The molecule has 4 heterocycles. The highest BCUT2D eigenvalue weighted by Crippen LogP contribution is 2.37. The van der Waals surface area contributed by atoms with Crippen LogP contribution in [0.5, 0.6) is 0 Å². The highest BCUT2D eigenvalue weighted by atomic mass is 14.8. The highest BCUT2D eigenvalue weighted by molar-refractivity contribution is 5.39. The Balaban J connectivity index is 1.65. The Kier molecular flexibility index (Phi) is 4.41. The number of rotatable bonds is 6. The Bertz CT molecular complexity index is 983. The number of H-pyrrole nitrogens is 4. The second kappa shape index (κ2) is 6.58. The molecule has 29 heavy (non-hydrogen) atoms. The summed E-state index contributed by atoms with van der Waals surface area (Å²) < 4.78 is 0.